The van der Waals surface area contributed by atoms with E-state index < -0.39 is 6.04 Å². The fraction of sp³-hybridized carbons (Fsp3) is 0.500. The number of nitrogens with one attached hydrogen (secondary N) is 1. The maximum absolute atomic E-state index is 11.1. The second-order valence-corrected chi connectivity index (χ2v) is 3.34. The number of amides is 1. The molecule has 3 N–H and O–H groups in total. The molecular formula is C10H16N2O2. The largest absolute Gasteiger partial charge is 0.466 e. The number of hydrogen-bond acceptors (Lipinski definition) is 3. The molecule has 0 radical (unpaired) electrons. The van der Waals surface area contributed by atoms with Crippen molar-refractivity contribution in [3.63, 3.8) is 0 Å². The summed E-state index contributed by atoms with van der Waals surface area (Å²) in [6.45, 7) is 4.11. The first-order valence-electron chi connectivity index (χ1n) is 4.68. The number of rotatable bonds is 4. The van der Waals surface area contributed by atoms with Crippen LogP contribution in [-0.4, -0.2) is 18.5 Å². The molecule has 1 rings (SSSR count). The summed E-state index contributed by atoms with van der Waals surface area (Å²) in [5.41, 5.74) is 5.38. The molecule has 0 saturated carbocycles. The van der Waals surface area contributed by atoms with Gasteiger partial charge in [0.2, 0.25) is 5.91 Å². The summed E-state index contributed by atoms with van der Waals surface area (Å²) in [7, 11) is 0. The van der Waals surface area contributed by atoms with Gasteiger partial charge in [-0.05, 0) is 26.0 Å². The Morgan fingerprint density at radius 2 is 2.36 bits per heavy atom. The summed E-state index contributed by atoms with van der Waals surface area (Å²) >= 11 is 0. The molecule has 4 heteroatoms. The normalized spacial score (nSPS) is 12.5. The van der Waals surface area contributed by atoms with Crippen molar-refractivity contribution in [2.45, 2.75) is 26.3 Å². The van der Waals surface area contributed by atoms with E-state index in [1.807, 2.05) is 19.1 Å². The Morgan fingerprint density at radius 3 is 2.86 bits per heavy atom. The van der Waals surface area contributed by atoms with E-state index in [-0.39, 0.29) is 5.91 Å². The lowest BCUT2D eigenvalue weighted by Crippen LogP contribution is -2.39. The van der Waals surface area contributed by atoms with Gasteiger partial charge in [0.15, 0.2) is 0 Å². The molecule has 0 bridgehead atoms. The van der Waals surface area contributed by atoms with E-state index in [1.54, 1.807) is 6.92 Å². The molecule has 78 valence electrons. The van der Waals surface area contributed by atoms with Crippen LogP contribution in [0.15, 0.2) is 16.5 Å². The monoisotopic (exact) mass is 196 g/mol. The molecular weight excluding hydrogens is 180 g/mol. The third-order valence-corrected chi connectivity index (χ3v) is 1.88. The van der Waals surface area contributed by atoms with Gasteiger partial charge in [-0.15, -0.1) is 0 Å². The molecule has 1 atom stereocenters. The molecule has 1 amide bonds. The minimum Gasteiger partial charge on any atom is -0.466 e. The topological polar surface area (TPSA) is 68.3 Å². The average Bonchev–Trinajstić information content (AvgIpc) is 2.51. The molecule has 0 spiro atoms. The number of furan rings is 1. The zero-order valence-electron chi connectivity index (χ0n) is 8.54. The summed E-state index contributed by atoms with van der Waals surface area (Å²) in [5.74, 6) is 1.64. The maximum Gasteiger partial charge on any atom is 0.236 e. The molecule has 0 fully saturated rings. The highest BCUT2D eigenvalue weighted by molar-refractivity contribution is 5.80. The Balaban J connectivity index is 2.25. The van der Waals surface area contributed by atoms with Gasteiger partial charge in [-0.3, -0.25) is 4.79 Å². The SMILES string of the molecule is Cc1ccc(CCNC(=O)C(C)N)o1. The second kappa shape index (κ2) is 4.81. The first kappa shape index (κ1) is 10.8. The van der Waals surface area contributed by atoms with E-state index in [1.165, 1.54) is 0 Å². The molecule has 1 aromatic rings. The average molecular weight is 196 g/mol. The van der Waals surface area contributed by atoms with Gasteiger partial charge in [-0.1, -0.05) is 0 Å². The first-order chi connectivity index (χ1) is 6.59. The maximum atomic E-state index is 11.1. The lowest BCUT2D eigenvalue weighted by molar-refractivity contribution is -0.121. The molecule has 14 heavy (non-hydrogen) atoms. The van der Waals surface area contributed by atoms with Gasteiger partial charge in [0.1, 0.15) is 11.5 Å². The first-order valence-corrected chi connectivity index (χ1v) is 4.68. The molecule has 1 heterocycles. The van der Waals surface area contributed by atoms with Gasteiger partial charge in [0, 0.05) is 13.0 Å². The zero-order chi connectivity index (χ0) is 10.6. The van der Waals surface area contributed by atoms with Gasteiger partial charge in [0.25, 0.3) is 0 Å². The Morgan fingerprint density at radius 1 is 1.64 bits per heavy atom. The van der Waals surface area contributed by atoms with E-state index in [0.29, 0.717) is 13.0 Å². The van der Waals surface area contributed by atoms with E-state index >= 15 is 0 Å². The van der Waals surface area contributed by atoms with Crippen LogP contribution in [0.25, 0.3) is 0 Å². The third kappa shape index (κ3) is 3.22. The standard InChI is InChI=1S/C10H16N2O2/c1-7-3-4-9(14-7)5-6-12-10(13)8(2)11/h3-4,8H,5-6,11H2,1-2H3,(H,12,13). The molecule has 4 nitrogen and oxygen atoms in total. The Kier molecular flexibility index (Phi) is 3.71. The highest BCUT2D eigenvalue weighted by atomic mass is 16.3. The van der Waals surface area contributed by atoms with Crippen molar-refractivity contribution in [2.75, 3.05) is 6.54 Å². The molecule has 0 aromatic carbocycles. The minimum atomic E-state index is -0.451. The van der Waals surface area contributed by atoms with Crippen LogP contribution in [0, 0.1) is 6.92 Å². The van der Waals surface area contributed by atoms with Gasteiger partial charge < -0.3 is 15.5 Å². The number of carbonyl (C=O) groups is 1. The highest BCUT2D eigenvalue weighted by Gasteiger charge is 2.06. The lowest BCUT2D eigenvalue weighted by Gasteiger charge is -2.05. The minimum absolute atomic E-state index is 0.131. The summed E-state index contributed by atoms with van der Waals surface area (Å²) in [6.07, 6.45) is 0.701. The van der Waals surface area contributed by atoms with Crippen molar-refractivity contribution in [1.29, 1.82) is 0 Å². The van der Waals surface area contributed by atoms with E-state index in [4.69, 9.17) is 10.2 Å². The van der Waals surface area contributed by atoms with Crippen molar-refractivity contribution in [2.24, 2.45) is 5.73 Å². The van der Waals surface area contributed by atoms with Crippen molar-refractivity contribution in [1.82, 2.24) is 5.32 Å². The summed E-state index contributed by atoms with van der Waals surface area (Å²) in [4.78, 5) is 11.1. The Bertz CT molecular complexity index is 305. The van der Waals surface area contributed by atoms with Crippen molar-refractivity contribution >= 4 is 5.91 Å². The summed E-state index contributed by atoms with van der Waals surface area (Å²) < 4.78 is 5.34. The van der Waals surface area contributed by atoms with Crippen LogP contribution in [0.3, 0.4) is 0 Å². The lowest BCUT2D eigenvalue weighted by atomic mass is 10.3. The Labute approximate surface area is 83.5 Å². The van der Waals surface area contributed by atoms with Crippen molar-refractivity contribution < 1.29 is 9.21 Å². The van der Waals surface area contributed by atoms with E-state index in [2.05, 4.69) is 5.32 Å². The number of hydrogen-bond donors (Lipinski definition) is 2. The summed E-state index contributed by atoms with van der Waals surface area (Å²) in [6, 6.07) is 3.36. The van der Waals surface area contributed by atoms with Crippen LogP contribution < -0.4 is 11.1 Å². The summed E-state index contributed by atoms with van der Waals surface area (Å²) in [5, 5.41) is 2.72. The van der Waals surface area contributed by atoms with Crippen LogP contribution >= 0.6 is 0 Å². The van der Waals surface area contributed by atoms with Crippen molar-refractivity contribution in [3.8, 4) is 0 Å². The molecule has 0 aliphatic heterocycles. The fourth-order valence-corrected chi connectivity index (χ4v) is 1.09. The number of carbonyl (C=O) groups excluding carboxylic acids is 1. The second-order valence-electron chi connectivity index (χ2n) is 3.34. The quantitative estimate of drug-likeness (QED) is 0.740. The molecule has 1 aromatic heterocycles. The molecule has 0 aliphatic carbocycles. The van der Waals surface area contributed by atoms with Gasteiger partial charge in [0.05, 0.1) is 6.04 Å². The van der Waals surface area contributed by atoms with Gasteiger partial charge >= 0.3 is 0 Å². The van der Waals surface area contributed by atoms with Gasteiger partial charge in [-0.2, -0.15) is 0 Å². The third-order valence-electron chi connectivity index (χ3n) is 1.88. The predicted molar refractivity (Wildman–Crippen MR) is 53.8 cm³/mol. The Hall–Kier alpha value is -1.29. The highest BCUT2D eigenvalue weighted by Crippen LogP contribution is 2.05. The number of aryl methyl sites for hydroxylation is 1. The fourth-order valence-electron chi connectivity index (χ4n) is 1.09. The van der Waals surface area contributed by atoms with Crippen LogP contribution in [0.5, 0.6) is 0 Å². The predicted octanol–water partition coefficient (Wildman–Crippen LogP) is 0.594. The number of nitrogens with two attached hydrogens (primary N) is 1. The van der Waals surface area contributed by atoms with E-state index in [9.17, 15) is 4.79 Å². The smallest absolute Gasteiger partial charge is 0.236 e. The van der Waals surface area contributed by atoms with Crippen LogP contribution in [0.2, 0.25) is 0 Å². The molecule has 0 aliphatic rings. The molecule has 1 unspecified atom stereocenters. The van der Waals surface area contributed by atoms with Crippen molar-refractivity contribution in [3.05, 3.63) is 23.7 Å². The molecule has 0 saturated heterocycles. The van der Waals surface area contributed by atoms with Crippen LogP contribution in [0.4, 0.5) is 0 Å². The van der Waals surface area contributed by atoms with E-state index in [0.717, 1.165) is 11.5 Å². The van der Waals surface area contributed by atoms with Crippen LogP contribution in [0.1, 0.15) is 18.4 Å². The zero-order valence-corrected chi connectivity index (χ0v) is 8.54. The van der Waals surface area contributed by atoms with Gasteiger partial charge in [-0.25, -0.2) is 0 Å². The van der Waals surface area contributed by atoms with Crippen LogP contribution in [-0.2, 0) is 11.2 Å².